The van der Waals surface area contributed by atoms with Gasteiger partial charge in [0.2, 0.25) is 0 Å². The van der Waals surface area contributed by atoms with Crippen LogP contribution >= 0.6 is 0 Å². The van der Waals surface area contributed by atoms with Crippen molar-refractivity contribution in [3.8, 4) is 17.1 Å². The normalized spacial score (nSPS) is 12.2. The van der Waals surface area contributed by atoms with Crippen LogP contribution in [0.4, 0.5) is 4.39 Å². The van der Waals surface area contributed by atoms with Gasteiger partial charge in [-0.1, -0.05) is 71.9 Å². The third-order valence-electron chi connectivity index (χ3n) is 8.46. The van der Waals surface area contributed by atoms with Crippen LogP contribution in [-0.2, 0) is 0 Å². The molecule has 4 heteroatoms. The van der Waals surface area contributed by atoms with Gasteiger partial charge in [-0.2, -0.15) is 0 Å². The van der Waals surface area contributed by atoms with Crippen LogP contribution in [0.3, 0.4) is 0 Å². The van der Waals surface area contributed by atoms with E-state index in [0.717, 1.165) is 57.1 Å². The standard InChI is InChI=1S/C36H38FN3/c1-7-26(8-2)39-32-19-16-24(20-30(32)29-18-17-25(37)21-34(29)39)36-38-31-14-9-10-15-33(31)40(36)35-27(22(3)4)12-11-13-28(35)23(5)6/h9-23,26H,7-8H2,1-6H3. The van der Waals surface area contributed by atoms with Gasteiger partial charge < -0.3 is 4.57 Å². The molecule has 40 heavy (non-hydrogen) atoms. The lowest BCUT2D eigenvalue weighted by Gasteiger charge is -2.22. The maximum atomic E-state index is 14.5. The Balaban J connectivity index is 1.70. The molecule has 0 saturated carbocycles. The zero-order valence-corrected chi connectivity index (χ0v) is 24.4. The van der Waals surface area contributed by atoms with E-state index >= 15 is 0 Å². The summed E-state index contributed by atoms with van der Waals surface area (Å²) in [5.74, 6) is 1.45. The summed E-state index contributed by atoms with van der Waals surface area (Å²) in [5, 5.41) is 2.22. The molecule has 0 atom stereocenters. The lowest BCUT2D eigenvalue weighted by molar-refractivity contribution is 0.497. The number of imidazole rings is 1. The lowest BCUT2D eigenvalue weighted by Crippen LogP contribution is -2.08. The van der Waals surface area contributed by atoms with Crippen LogP contribution < -0.4 is 0 Å². The van der Waals surface area contributed by atoms with Gasteiger partial charge in [-0.25, -0.2) is 9.37 Å². The first-order chi connectivity index (χ1) is 19.3. The highest BCUT2D eigenvalue weighted by Crippen LogP contribution is 2.40. The van der Waals surface area contributed by atoms with Gasteiger partial charge in [0.1, 0.15) is 11.6 Å². The fraction of sp³-hybridized carbons (Fsp3) is 0.306. The molecule has 0 aliphatic carbocycles. The molecule has 0 aliphatic rings. The van der Waals surface area contributed by atoms with Crippen LogP contribution in [0.15, 0.2) is 78.9 Å². The van der Waals surface area contributed by atoms with E-state index in [1.165, 1.54) is 16.8 Å². The van der Waals surface area contributed by atoms with Crippen molar-refractivity contribution in [1.29, 1.82) is 0 Å². The van der Waals surface area contributed by atoms with Crippen LogP contribution in [0.5, 0.6) is 0 Å². The Kier molecular flexibility index (Phi) is 6.74. The van der Waals surface area contributed by atoms with Crippen molar-refractivity contribution in [2.24, 2.45) is 0 Å². The third kappa shape index (κ3) is 4.13. The van der Waals surface area contributed by atoms with Crippen LogP contribution in [0.1, 0.15) is 83.4 Å². The number of aromatic nitrogens is 3. The number of nitrogens with zero attached hydrogens (tertiary/aromatic N) is 3. The molecule has 0 bridgehead atoms. The van der Waals surface area contributed by atoms with Gasteiger partial charge in [-0.3, -0.25) is 4.57 Å². The van der Waals surface area contributed by atoms with Crippen molar-refractivity contribution in [3.05, 3.63) is 95.8 Å². The van der Waals surface area contributed by atoms with Gasteiger partial charge in [0, 0.05) is 27.9 Å². The second-order valence-corrected chi connectivity index (χ2v) is 11.6. The monoisotopic (exact) mass is 531 g/mol. The fourth-order valence-corrected chi connectivity index (χ4v) is 6.43. The van der Waals surface area contributed by atoms with E-state index < -0.39 is 0 Å². The summed E-state index contributed by atoms with van der Waals surface area (Å²) < 4.78 is 19.2. The molecule has 6 rings (SSSR count). The Bertz CT molecular complexity index is 1820. The molecule has 3 nitrogen and oxygen atoms in total. The predicted molar refractivity (Wildman–Crippen MR) is 167 cm³/mol. The Morgan fingerprint density at radius 1 is 0.700 bits per heavy atom. The van der Waals surface area contributed by atoms with Crippen molar-refractivity contribution in [2.75, 3.05) is 0 Å². The molecule has 0 fully saturated rings. The van der Waals surface area contributed by atoms with Gasteiger partial charge in [-0.05, 0) is 84.3 Å². The van der Waals surface area contributed by atoms with Crippen LogP contribution in [-0.4, -0.2) is 14.1 Å². The van der Waals surface area contributed by atoms with Gasteiger partial charge in [0.05, 0.1) is 22.2 Å². The summed E-state index contributed by atoms with van der Waals surface area (Å²) in [5.41, 5.74) is 9.12. The molecular formula is C36H38FN3. The number of benzene rings is 4. The van der Waals surface area contributed by atoms with Gasteiger partial charge >= 0.3 is 0 Å². The predicted octanol–water partition coefficient (Wildman–Crippen LogP) is 10.5. The van der Waals surface area contributed by atoms with Gasteiger partial charge in [0.15, 0.2) is 0 Å². The van der Waals surface area contributed by atoms with E-state index in [-0.39, 0.29) is 5.82 Å². The molecule has 2 aromatic heterocycles. The van der Waals surface area contributed by atoms with Crippen molar-refractivity contribution in [2.45, 2.75) is 72.3 Å². The summed E-state index contributed by atoms with van der Waals surface area (Å²) in [7, 11) is 0. The minimum atomic E-state index is -0.198. The quantitative estimate of drug-likeness (QED) is 0.201. The summed E-state index contributed by atoms with van der Waals surface area (Å²) in [4.78, 5) is 5.23. The molecule has 0 N–H and O–H groups in total. The van der Waals surface area contributed by atoms with Crippen molar-refractivity contribution < 1.29 is 4.39 Å². The molecule has 2 heterocycles. The van der Waals surface area contributed by atoms with Gasteiger partial charge in [-0.15, -0.1) is 0 Å². The Labute approximate surface area is 236 Å². The van der Waals surface area contributed by atoms with Crippen LogP contribution in [0, 0.1) is 5.82 Å². The molecule has 0 radical (unpaired) electrons. The molecule has 0 aliphatic heterocycles. The summed E-state index contributed by atoms with van der Waals surface area (Å²) in [6, 6.07) is 27.3. The number of para-hydroxylation sites is 3. The molecule has 204 valence electrons. The van der Waals surface area contributed by atoms with E-state index in [1.54, 1.807) is 12.1 Å². The SMILES string of the molecule is CCC(CC)n1c2ccc(-c3nc4ccccc4n3-c3c(C(C)C)cccc3C(C)C)cc2c2ccc(F)cc21. The first kappa shape index (κ1) is 26.3. The number of hydrogen-bond acceptors (Lipinski definition) is 1. The fourth-order valence-electron chi connectivity index (χ4n) is 6.43. The molecule has 6 aromatic rings. The molecule has 0 unspecified atom stereocenters. The summed E-state index contributed by atoms with van der Waals surface area (Å²) >= 11 is 0. The average Bonchev–Trinajstić information content (AvgIpc) is 3.49. The smallest absolute Gasteiger partial charge is 0.145 e. The molecule has 0 spiro atoms. The number of halogens is 1. The zero-order chi connectivity index (χ0) is 28.1. The first-order valence-corrected chi connectivity index (χ1v) is 14.7. The number of fused-ring (bicyclic) bond motifs is 4. The molecule has 4 aromatic carbocycles. The second-order valence-electron chi connectivity index (χ2n) is 11.6. The lowest BCUT2D eigenvalue weighted by atomic mass is 9.92. The highest BCUT2D eigenvalue weighted by atomic mass is 19.1. The maximum absolute atomic E-state index is 14.5. The van der Waals surface area contributed by atoms with Crippen molar-refractivity contribution in [1.82, 2.24) is 14.1 Å². The van der Waals surface area contributed by atoms with Crippen molar-refractivity contribution >= 4 is 32.8 Å². The second kappa shape index (κ2) is 10.2. The molecular weight excluding hydrogens is 493 g/mol. The van der Waals surface area contributed by atoms with E-state index in [9.17, 15) is 4.39 Å². The van der Waals surface area contributed by atoms with Gasteiger partial charge in [0.25, 0.3) is 0 Å². The number of rotatable bonds is 7. The summed E-state index contributed by atoms with van der Waals surface area (Å²) in [6.45, 7) is 13.5. The third-order valence-corrected chi connectivity index (χ3v) is 8.46. The summed E-state index contributed by atoms with van der Waals surface area (Å²) in [6.07, 6.45) is 1.99. The van der Waals surface area contributed by atoms with Crippen molar-refractivity contribution in [3.63, 3.8) is 0 Å². The average molecular weight is 532 g/mol. The van der Waals surface area contributed by atoms with Crippen LogP contribution in [0.2, 0.25) is 0 Å². The largest absolute Gasteiger partial charge is 0.337 e. The Morgan fingerprint density at radius 3 is 2.08 bits per heavy atom. The minimum absolute atomic E-state index is 0.198. The Hall–Kier alpha value is -3.92. The highest BCUT2D eigenvalue weighted by molar-refractivity contribution is 6.09. The zero-order valence-electron chi connectivity index (χ0n) is 24.4. The van der Waals surface area contributed by atoms with E-state index in [0.29, 0.717) is 17.9 Å². The minimum Gasteiger partial charge on any atom is -0.337 e. The van der Waals surface area contributed by atoms with Crippen LogP contribution in [0.25, 0.3) is 49.9 Å². The first-order valence-electron chi connectivity index (χ1n) is 14.7. The highest BCUT2D eigenvalue weighted by Gasteiger charge is 2.23. The van der Waals surface area contributed by atoms with E-state index in [1.807, 2.05) is 6.07 Å². The number of hydrogen-bond donors (Lipinski definition) is 0. The maximum Gasteiger partial charge on any atom is 0.145 e. The van der Waals surface area contributed by atoms with E-state index in [2.05, 4.69) is 111 Å². The van der Waals surface area contributed by atoms with E-state index in [4.69, 9.17) is 4.98 Å². The Morgan fingerprint density at radius 2 is 1.40 bits per heavy atom. The molecule has 0 saturated heterocycles. The topological polar surface area (TPSA) is 22.8 Å². The molecule has 0 amide bonds.